The zero-order valence-electron chi connectivity index (χ0n) is 29.5. The van der Waals surface area contributed by atoms with Crippen LogP contribution >= 0.6 is 11.8 Å². The quantitative estimate of drug-likeness (QED) is 0.134. The molecule has 2 aliphatic heterocycles. The van der Waals surface area contributed by atoms with E-state index in [1.807, 2.05) is 0 Å². The SMILES string of the molecule is CC(=O)COC1C(SC2CN(C(C)=O)CC(n3cc(-c4cccc(F)c4)nn3)C2O)OC(COC(C)=O)C(C)C1n1cc(-c2cc(F)c(F)c(F)c2)nn1. The van der Waals surface area contributed by atoms with E-state index in [4.69, 9.17) is 14.2 Å². The third-order valence-corrected chi connectivity index (χ3v) is 10.8. The van der Waals surface area contributed by atoms with Crippen LogP contribution in [-0.4, -0.2) is 113 Å². The molecule has 8 unspecified atom stereocenters. The maximum Gasteiger partial charge on any atom is 0.302 e. The highest BCUT2D eigenvalue weighted by molar-refractivity contribution is 8.00. The van der Waals surface area contributed by atoms with Gasteiger partial charge in [0.25, 0.3) is 0 Å². The number of aliphatic hydroxyl groups excluding tert-OH is 1. The highest BCUT2D eigenvalue weighted by Crippen LogP contribution is 2.44. The first-order chi connectivity index (χ1) is 25.7. The molecule has 8 atom stereocenters. The number of nitrogens with zero attached hydrogens (tertiary/aromatic N) is 7. The van der Waals surface area contributed by atoms with E-state index in [0.717, 1.165) is 23.9 Å². The number of esters is 1. The summed E-state index contributed by atoms with van der Waals surface area (Å²) in [7, 11) is 0. The smallest absolute Gasteiger partial charge is 0.302 e. The van der Waals surface area contributed by atoms with Gasteiger partial charge in [-0.15, -0.1) is 22.0 Å². The summed E-state index contributed by atoms with van der Waals surface area (Å²) >= 11 is 1.12. The Morgan fingerprint density at radius 3 is 2.26 bits per heavy atom. The van der Waals surface area contributed by atoms with Crippen molar-refractivity contribution >= 4 is 29.4 Å². The predicted molar refractivity (Wildman–Crippen MR) is 183 cm³/mol. The molecule has 4 aromatic rings. The van der Waals surface area contributed by atoms with E-state index in [0.29, 0.717) is 11.3 Å². The Kier molecular flexibility index (Phi) is 11.8. The minimum atomic E-state index is -1.64. The van der Waals surface area contributed by atoms with Gasteiger partial charge in [0.2, 0.25) is 5.91 Å². The van der Waals surface area contributed by atoms with Gasteiger partial charge in [0.1, 0.15) is 42.0 Å². The van der Waals surface area contributed by atoms with E-state index in [1.54, 1.807) is 19.2 Å². The van der Waals surface area contributed by atoms with E-state index in [1.165, 1.54) is 59.4 Å². The molecule has 288 valence electrons. The van der Waals surface area contributed by atoms with E-state index < -0.39 is 76.2 Å². The summed E-state index contributed by atoms with van der Waals surface area (Å²) in [6.45, 7) is 5.33. The van der Waals surface area contributed by atoms with Gasteiger partial charge in [-0.3, -0.25) is 14.4 Å². The summed E-state index contributed by atoms with van der Waals surface area (Å²) in [6, 6.07) is 5.75. The van der Waals surface area contributed by atoms with Gasteiger partial charge in [-0.2, -0.15) is 0 Å². The van der Waals surface area contributed by atoms with Gasteiger partial charge in [-0.1, -0.05) is 29.5 Å². The van der Waals surface area contributed by atoms with Crippen LogP contribution in [0.4, 0.5) is 17.6 Å². The lowest BCUT2D eigenvalue weighted by atomic mass is 9.89. The molecular weight excluding hydrogens is 738 g/mol. The van der Waals surface area contributed by atoms with Crippen molar-refractivity contribution in [2.45, 2.75) is 68.8 Å². The molecule has 0 aliphatic carbocycles. The van der Waals surface area contributed by atoms with Crippen molar-refractivity contribution in [3.63, 3.8) is 0 Å². The number of rotatable bonds is 11. The topological polar surface area (TPSA) is 164 Å². The number of aliphatic hydroxyl groups is 1. The number of ether oxygens (including phenoxy) is 3. The van der Waals surface area contributed by atoms with Crippen LogP contribution in [0, 0.1) is 29.2 Å². The first-order valence-electron chi connectivity index (χ1n) is 16.9. The van der Waals surface area contributed by atoms with Gasteiger partial charge in [0.15, 0.2) is 23.2 Å². The monoisotopic (exact) mass is 775 g/mol. The molecule has 14 nitrogen and oxygen atoms in total. The number of aromatic nitrogens is 6. The third-order valence-electron chi connectivity index (χ3n) is 9.37. The van der Waals surface area contributed by atoms with Crippen molar-refractivity contribution < 1.29 is 51.3 Å². The van der Waals surface area contributed by atoms with E-state index in [-0.39, 0.29) is 49.3 Å². The minimum absolute atomic E-state index is 0.00522. The number of thioether (sulfide) groups is 1. The molecule has 2 saturated heterocycles. The molecule has 1 N–H and O–H groups in total. The fourth-order valence-corrected chi connectivity index (χ4v) is 8.14. The number of ketones is 1. The first kappa shape index (κ1) is 39.0. The number of carbonyl (C=O) groups excluding carboxylic acids is 3. The number of amides is 1. The van der Waals surface area contributed by atoms with E-state index in [9.17, 15) is 37.1 Å². The Labute approximate surface area is 310 Å². The largest absolute Gasteiger partial charge is 0.463 e. The van der Waals surface area contributed by atoms with Gasteiger partial charge in [0.05, 0.1) is 41.9 Å². The fraction of sp³-hybridized carbons (Fsp3) is 0.457. The molecule has 0 bridgehead atoms. The molecule has 0 saturated carbocycles. The van der Waals surface area contributed by atoms with Crippen LogP contribution < -0.4 is 0 Å². The molecule has 54 heavy (non-hydrogen) atoms. The number of hydrogen-bond acceptors (Lipinski definition) is 12. The van der Waals surface area contributed by atoms with Crippen LogP contribution in [0.25, 0.3) is 22.5 Å². The second kappa shape index (κ2) is 16.3. The first-order valence-corrected chi connectivity index (χ1v) is 17.9. The summed E-state index contributed by atoms with van der Waals surface area (Å²) in [6.07, 6.45) is -0.0139. The van der Waals surface area contributed by atoms with Crippen LogP contribution in [0.1, 0.15) is 39.8 Å². The van der Waals surface area contributed by atoms with E-state index in [2.05, 4.69) is 20.6 Å². The molecule has 2 fully saturated rings. The van der Waals surface area contributed by atoms with Crippen molar-refractivity contribution in [1.82, 2.24) is 34.9 Å². The summed E-state index contributed by atoms with van der Waals surface area (Å²) in [4.78, 5) is 38.5. The molecule has 4 heterocycles. The molecule has 0 spiro atoms. The van der Waals surface area contributed by atoms with E-state index >= 15 is 0 Å². The summed E-state index contributed by atoms with van der Waals surface area (Å²) in [5, 5.41) is 27.8. The van der Waals surface area contributed by atoms with Crippen molar-refractivity contribution in [1.29, 1.82) is 0 Å². The highest BCUT2D eigenvalue weighted by Gasteiger charge is 2.50. The Morgan fingerprint density at radius 2 is 1.61 bits per heavy atom. The maximum absolute atomic E-state index is 14.2. The van der Waals surface area contributed by atoms with Gasteiger partial charge in [-0.25, -0.2) is 26.9 Å². The second-order valence-corrected chi connectivity index (χ2v) is 14.6. The summed E-state index contributed by atoms with van der Waals surface area (Å²) in [5.41, 5.74) is -0.263. The lowest BCUT2D eigenvalue weighted by Crippen LogP contribution is -2.57. The standard InChI is InChI=1S/C35H37F4N7O7S/c1-17(47)15-52-34-32(46-12-27(41-43-46)22-9-24(37)31(39)25(38)10-22)18(2)29(16-51-20(4)49)53-35(34)54-30-14-44(19(3)48)13-28(33(30)50)45-11-26(40-42-45)21-6-5-7-23(36)8-21/h5-12,18,28-30,32-35,50H,13-16H2,1-4H3. The average molecular weight is 776 g/mol. The molecule has 19 heteroatoms. The van der Waals surface area contributed by atoms with Crippen LogP contribution in [-0.2, 0) is 28.6 Å². The summed E-state index contributed by atoms with van der Waals surface area (Å²) in [5.74, 6) is -6.65. The maximum atomic E-state index is 14.2. The lowest BCUT2D eigenvalue weighted by molar-refractivity contribution is -0.178. The van der Waals surface area contributed by atoms with Crippen LogP contribution in [0.5, 0.6) is 0 Å². The number of hydrogen-bond donors (Lipinski definition) is 1. The molecule has 2 aromatic heterocycles. The zero-order valence-corrected chi connectivity index (χ0v) is 30.3. The van der Waals surface area contributed by atoms with Crippen molar-refractivity contribution in [2.75, 3.05) is 26.3 Å². The van der Waals surface area contributed by atoms with Gasteiger partial charge < -0.3 is 24.2 Å². The number of benzene rings is 2. The molecule has 2 aliphatic rings. The molecule has 2 aromatic carbocycles. The number of Topliss-reactive ketones (excluding diaryl/α,β-unsaturated/α-hetero) is 1. The zero-order chi connectivity index (χ0) is 38.8. The predicted octanol–water partition coefficient (Wildman–Crippen LogP) is 3.77. The van der Waals surface area contributed by atoms with Crippen molar-refractivity contribution in [2.24, 2.45) is 5.92 Å². The van der Waals surface area contributed by atoms with Crippen LogP contribution in [0.2, 0.25) is 0 Å². The molecular formula is C35H37F4N7O7S. The molecule has 0 radical (unpaired) electrons. The Bertz CT molecular complexity index is 1990. The second-order valence-electron chi connectivity index (χ2n) is 13.3. The summed E-state index contributed by atoms with van der Waals surface area (Å²) < 4.78 is 76.8. The lowest BCUT2D eigenvalue weighted by Gasteiger charge is -2.47. The minimum Gasteiger partial charge on any atom is -0.463 e. The third kappa shape index (κ3) is 8.48. The fourth-order valence-electron chi connectivity index (χ4n) is 6.59. The van der Waals surface area contributed by atoms with Crippen LogP contribution in [0.15, 0.2) is 48.8 Å². The number of halogens is 4. The van der Waals surface area contributed by atoms with Crippen LogP contribution in [0.3, 0.4) is 0 Å². The Morgan fingerprint density at radius 1 is 0.944 bits per heavy atom. The Hall–Kier alpha value is -4.72. The Balaban J connectivity index is 1.34. The number of likely N-dealkylation sites (tertiary alicyclic amines) is 1. The average Bonchev–Trinajstić information content (AvgIpc) is 3.81. The number of piperidine rings is 1. The number of carbonyl (C=O) groups is 3. The molecule has 1 amide bonds. The van der Waals surface area contributed by atoms with Gasteiger partial charge in [0, 0.05) is 44.0 Å². The molecule has 6 rings (SSSR count). The normalized spacial score (nSPS) is 25.8. The van der Waals surface area contributed by atoms with Gasteiger partial charge in [-0.05, 0) is 31.2 Å². The van der Waals surface area contributed by atoms with Gasteiger partial charge >= 0.3 is 5.97 Å². The van der Waals surface area contributed by atoms with Crippen molar-refractivity contribution in [3.8, 4) is 22.5 Å². The highest BCUT2D eigenvalue weighted by atomic mass is 32.2. The van der Waals surface area contributed by atoms with Crippen molar-refractivity contribution in [3.05, 3.63) is 72.1 Å².